The molecule has 2 fully saturated rings. The first kappa shape index (κ1) is 28.4. The molecule has 2 aliphatic rings. The zero-order chi connectivity index (χ0) is 27.6. The van der Waals surface area contributed by atoms with Gasteiger partial charge in [-0.3, -0.25) is 4.79 Å². The molecule has 0 spiro atoms. The van der Waals surface area contributed by atoms with Crippen LogP contribution in [0.5, 0.6) is 11.5 Å². The van der Waals surface area contributed by atoms with Gasteiger partial charge in [0, 0.05) is 6.42 Å². The molecule has 2 aliphatic heterocycles. The molecular weight excluding hydrogens is 504 g/mol. The van der Waals surface area contributed by atoms with E-state index < -0.39 is 85.6 Å². The Labute approximate surface area is 217 Å². The van der Waals surface area contributed by atoms with Crippen LogP contribution in [0.3, 0.4) is 0 Å². The molecule has 38 heavy (non-hydrogen) atoms. The summed E-state index contributed by atoms with van der Waals surface area (Å²) in [5, 5.41) is 82.7. The standard InChI is InChI=1S/C26H32O12/c27-10-17-20(32)21(33)23(38-25-24(34)26(35,11-28)12-36-25)22(37-17)18-16(30)9-7-14(19(18)31)15(29)8-6-13-4-2-1-3-5-13/h1-5,7,9,17,20-25,27-28,30-35H,6,8,10-12H2/t17-,20-,21+,22+,23-,24+,25+,26-/m1/s1. The Morgan fingerprint density at radius 2 is 1.74 bits per heavy atom. The van der Waals surface area contributed by atoms with Crippen LogP contribution >= 0.6 is 0 Å². The number of Topliss-reactive ketones (excluding diaryl/α,β-unsaturated/α-hetero) is 1. The second-order valence-corrected chi connectivity index (χ2v) is 9.55. The van der Waals surface area contributed by atoms with E-state index in [4.69, 9.17) is 14.2 Å². The van der Waals surface area contributed by atoms with Crippen LogP contribution in [0.4, 0.5) is 0 Å². The molecule has 208 valence electrons. The van der Waals surface area contributed by atoms with E-state index in [1.807, 2.05) is 30.3 Å². The van der Waals surface area contributed by atoms with E-state index in [0.29, 0.717) is 6.42 Å². The maximum atomic E-state index is 13.0. The third-order valence-electron chi connectivity index (χ3n) is 7.00. The summed E-state index contributed by atoms with van der Waals surface area (Å²) in [6.45, 7) is -2.11. The zero-order valence-corrected chi connectivity index (χ0v) is 20.3. The minimum Gasteiger partial charge on any atom is -0.507 e. The van der Waals surface area contributed by atoms with Gasteiger partial charge < -0.3 is 55.1 Å². The second kappa shape index (κ2) is 11.6. The Kier molecular flexibility index (Phi) is 8.67. The van der Waals surface area contributed by atoms with Crippen LogP contribution in [-0.2, 0) is 20.6 Å². The van der Waals surface area contributed by atoms with Gasteiger partial charge in [0.25, 0.3) is 0 Å². The number of ketones is 1. The highest BCUT2D eigenvalue weighted by molar-refractivity contribution is 5.99. The lowest BCUT2D eigenvalue weighted by Crippen LogP contribution is -2.58. The molecule has 0 amide bonds. The van der Waals surface area contributed by atoms with Gasteiger partial charge >= 0.3 is 0 Å². The molecule has 0 radical (unpaired) electrons. The first-order chi connectivity index (χ1) is 18.1. The van der Waals surface area contributed by atoms with Crippen LogP contribution in [0.1, 0.15) is 34.0 Å². The van der Waals surface area contributed by atoms with Crippen molar-refractivity contribution in [2.75, 3.05) is 19.8 Å². The van der Waals surface area contributed by atoms with Crippen LogP contribution in [0.15, 0.2) is 42.5 Å². The van der Waals surface area contributed by atoms with Gasteiger partial charge in [-0.05, 0) is 24.1 Å². The highest BCUT2D eigenvalue weighted by Crippen LogP contribution is 2.45. The summed E-state index contributed by atoms with van der Waals surface area (Å²) >= 11 is 0. The summed E-state index contributed by atoms with van der Waals surface area (Å²) in [5.41, 5.74) is -1.63. The molecular formula is C26H32O12. The molecule has 2 heterocycles. The number of carbonyl (C=O) groups is 1. The van der Waals surface area contributed by atoms with E-state index in [-0.39, 0.29) is 17.5 Å². The number of phenols is 2. The van der Waals surface area contributed by atoms with Crippen molar-refractivity contribution in [1.29, 1.82) is 0 Å². The van der Waals surface area contributed by atoms with Crippen molar-refractivity contribution in [2.24, 2.45) is 0 Å². The van der Waals surface area contributed by atoms with Crippen molar-refractivity contribution in [3.05, 3.63) is 59.2 Å². The number of aromatic hydroxyl groups is 2. The van der Waals surface area contributed by atoms with E-state index in [1.165, 1.54) is 6.07 Å². The van der Waals surface area contributed by atoms with E-state index in [0.717, 1.165) is 11.6 Å². The van der Waals surface area contributed by atoms with Crippen molar-refractivity contribution in [2.45, 2.75) is 61.4 Å². The monoisotopic (exact) mass is 536 g/mol. The first-order valence-electron chi connectivity index (χ1n) is 12.1. The highest BCUT2D eigenvalue weighted by atomic mass is 16.7. The summed E-state index contributed by atoms with van der Waals surface area (Å²) in [6, 6.07) is 11.6. The smallest absolute Gasteiger partial charge is 0.187 e. The third-order valence-corrected chi connectivity index (χ3v) is 7.00. The minimum atomic E-state index is -2.05. The fourth-order valence-corrected chi connectivity index (χ4v) is 4.68. The lowest BCUT2D eigenvalue weighted by Gasteiger charge is -2.43. The lowest BCUT2D eigenvalue weighted by atomic mass is 9.88. The topological polar surface area (TPSA) is 207 Å². The number of rotatable bonds is 9. The Bertz CT molecular complexity index is 1110. The van der Waals surface area contributed by atoms with Gasteiger partial charge in [0.05, 0.1) is 30.9 Å². The molecule has 0 bridgehead atoms. The maximum Gasteiger partial charge on any atom is 0.187 e. The van der Waals surface area contributed by atoms with Crippen molar-refractivity contribution in [3.63, 3.8) is 0 Å². The van der Waals surface area contributed by atoms with Crippen molar-refractivity contribution in [1.82, 2.24) is 0 Å². The van der Waals surface area contributed by atoms with Gasteiger partial charge in [-0.25, -0.2) is 0 Å². The summed E-state index contributed by atoms with van der Waals surface area (Å²) in [4.78, 5) is 13.0. The first-order valence-corrected chi connectivity index (χ1v) is 12.1. The van der Waals surface area contributed by atoms with E-state index in [1.54, 1.807) is 0 Å². The van der Waals surface area contributed by atoms with Crippen LogP contribution in [0.25, 0.3) is 0 Å². The quantitative estimate of drug-likeness (QED) is 0.180. The zero-order valence-electron chi connectivity index (χ0n) is 20.3. The molecule has 2 saturated heterocycles. The predicted octanol–water partition coefficient (Wildman–Crippen LogP) is -1.11. The molecule has 0 aliphatic carbocycles. The Morgan fingerprint density at radius 3 is 2.37 bits per heavy atom. The number of aryl methyl sites for hydroxylation is 1. The van der Waals surface area contributed by atoms with E-state index in [2.05, 4.69) is 0 Å². The third kappa shape index (κ3) is 5.41. The number of aliphatic hydroxyl groups is 6. The Balaban J connectivity index is 1.65. The minimum absolute atomic E-state index is 0.0374. The molecule has 8 atom stereocenters. The van der Waals surface area contributed by atoms with Crippen molar-refractivity contribution in [3.8, 4) is 11.5 Å². The van der Waals surface area contributed by atoms with Crippen molar-refractivity contribution >= 4 is 5.78 Å². The van der Waals surface area contributed by atoms with Crippen LogP contribution in [0, 0.1) is 0 Å². The number of phenolic OH excluding ortho intramolecular Hbond substituents is 2. The number of ether oxygens (including phenoxy) is 3. The Hall–Kier alpha value is -2.65. The molecule has 4 rings (SSSR count). The molecule has 2 aromatic carbocycles. The number of hydrogen-bond donors (Lipinski definition) is 8. The maximum absolute atomic E-state index is 13.0. The normalized spacial score (nSPS) is 33.4. The molecule has 0 saturated carbocycles. The van der Waals surface area contributed by atoms with Gasteiger partial charge in [-0.1, -0.05) is 30.3 Å². The number of hydrogen-bond acceptors (Lipinski definition) is 12. The highest BCUT2D eigenvalue weighted by Gasteiger charge is 2.53. The second-order valence-electron chi connectivity index (χ2n) is 9.55. The largest absolute Gasteiger partial charge is 0.507 e. The summed E-state index contributed by atoms with van der Waals surface area (Å²) in [5.74, 6) is -1.62. The van der Waals surface area contributed by atoms with Crippen LogP contribution in [0.2, 0.25) is 0 Å². The van der Waals surface area contributed by atoms with Gasteiger partial charge in [0.1, 0.15) is 53.7 Å². The molecule has 2 aromatic rings. The summed E-state index contributed by atoms with van der Waals surface area (Å²) in [6.07, 6.45) is -11.0. The fraction of sp³-hybridized carbons (Fsp3) is 0.500. The predicted molar refractivity (Wildman–Crippen MR) is 128 cm³/mol. The van der Waals surface area contributed by atoms with Gasteiger partial charge in [-0.15, -0.1) is 0 Å². The summed E-state index contributed by atoms with van der Waals surface area (Å²) in [7, 11) is 0. The summed E-state index contributed by atoms with van der Waals surface area (Å²) < 4.78 is 16.6. The number of carbonyl (C=O) groups excluding carboxylic acids is 1. The van der Waals surface area contributed by atoms with Crippen LogP contribution < -0.4 is 0 Å². The lowest BCUT2D eigenvalue weighted by molar-refractivity contribution is -0.287. The van der Waals surface area contributed by atoms with Gasteiger partial charge in [-0.2, -0.15) is 0 Å². The molecule has 0 unspecified atom stereocenters. The van der Waals surface area contributed by atoms with Gasteiger partial charge in [0.2, 0.25) is 0 Å². The molecule has 0 aromatic heterocycles. The number of benzene rings is 2. The van der Waals surface area contributed by atoms with Gasteiger partial charge in [0.15, 0.2) is 12.1 Å². The SMILES string of the molecule is O=C(CCc1ccccc1)c1ccc(O)c([C@@H]2O[C@H](CO)[C@@H](O)[C@H](O)[C@H]2O[C@@H]2OC[C@](O)(CO)[C@H]2O)c1O. The average molecular weight is 537 g/mol. The van der Waals surface area contributed by atoms with E-state index in [9.17, 15) is 45.6 Å². The molecule has 12 heteroatoms. The van der Waals surface area contributed by atoms with Crippen LogP contribution in [-0.4, -0.2) is 109 Å². The molecule has 12 nitrogen and oxygen atoms in total. The average Bonchev–Trinajstić information content (AvgIpc) is 3.20. The fourth-order valence-electron chi connectivity index (χ4n) is 4.68. The van der Waals surface area contributed by atoms with Crippen molar-refractivity contribution < 1.29 is 59.9 Å². The molecule has 8 N–H and O–H groups in total. The number of aliphatic hydroxyl groups excluding tert-OH is 5. The Morgan fingerprint density at radius 1 is 1.03 bits per heavy atom. The van der Waals surface area contributed by atoms with E-state index >= 15 is 0 Å².